The molecule has 20 heavy (non-hydrogen) atoms. The molecule has 0 spiro atoms. The largest absolute Gasteiger partial charge is 0.508 e. The molecule has 0 saturated heterocycles. The van der Waals surface area contributed by atoms with Gasteiger partial charge in [0.15, 0.2) is 0 Å². The molecule has 1 N–H and O–H groups in total. The van der Waals surface area contributed by atoms with Crippen molar-refractivity contribution >= 4 is 17.7 Å². The van der Waals surface area contributed by atoms with E-state index in [0.717, 1.165) is 21.8 Å². The summed E-state index contributed by atoms with van der Waals surface area (Å²) in [5.41, 5.74) is 1.64. The number of aromatic hydroxyl groups is 1. The standard InChI is InChI=1S/C16H16O3S/c1-3-11-10-13(17)6-9-15(11)20-14-7-4-12(5-8-14)16(18)19-2/h4-10,17H,3H2,1-2H3. The minimum Gasteiger partial charge on any atom is -0.508 e. The number of phenols is 1. The highest BCUT2D eigenvalue weighted by molar-refractivity contribution is 7.99. The Labute approximate surface area is 122 Å². The Morgan fingerprint density at radius 3 is 2.50 bits per heavy atom. The maximum atomic E-state index is 11.4. The number of hydrogen-bond acceptors (Lipinski definition) is 4. The molecule has 0 saturated carbocycles. The molecule has 0 bridgehead atoms. The summed E-state index contributed by atoms with van der Waals surface area (Å²) >= 11 is 1.61. The van der Waals surface area contributed by atoms with Gasteiger partial charge in [0.05, 0.1) is 12.7 Å². The van der Waals surface area contributed by atoms with Crippen molar-refractivity contribution in [1.82, 2.24) is 0 Å². The van der Waals surface area contributed by atoms with Crippen LogP contribution in [0, 0.1) is 0 Å². The van der Waals surface area contributed by atoms with Crippen molar-refractivity contribution in [3.63, 3.8) is 0 Å². The van der Waals surface area contributed by atoms with Crippen LogP contribution in [0.4, 0.5) is 0 Å². The third kappa shape index (κ3) is 3.33. The fraction of sp³-hybridized carbons (Fsp3) is 0.188. The molecule has 2 aromatic carbocycles. The molecule has 0 aliphatic rings. The van der Waals surface area contributed by atoms with E-state index in [-0.39, 0.29) is 11.7 Å². The molecule has 0 atom stereocenters. The van der Waals surface area contributed by atoms with E-state index in [1.54, 1.807) is 36.0 Å². The molecule has 2 rings (SSSR count). The van der Waals surface area contributed by atoms with E-state index < -0.39 is 0 Å². The van der Waals surface area contributed by atoms with Gasteiger partial charge < -0.3 is 9.84 Å². The lowest BCUT2D eigenvalue weighted by atomic mass is 10.2. The predicted molar refractivity (Wildman–Crippen MR) is 79.4 cm³/mol. The first-order valence-electron chi connectivity index (χ1n) is 6.32. The molecule has 0 radical (unpaired) electrons. The van der Waals surface area contributed by atoms with Crippen molar-refractivity contribution in [3.8, 4) is 5.75 Å². The molecule has 0 aliphatic heterocycles. The summed E-state index contributed by atoms with van der Waals surface area (Å²) in [7, 11) is 1.37. The summed E-state index contributed by atoms with van der Waals surface area (Å²) < 4.78 is 4.67. The maximum absolute atomic E-state index is 11.4. The lowest BCUT2D eigenvalue weighted by molar-refractivity contribution is 0.0600. The second kappa shape index (κ2) is 6.48. The Morgan fingerprint density at radius 2 is 1.90 bits per heavy atom. The number of methoxy groups -OCH3 is 1. The molecule has 0 unspecified atom stereocenters. The third-order valence-corrected chi connectivity index (χ3v) is 4.05. The summed E-state index contributed by atoms with van der Waals surface area (Å²) in [6, 6.07) is 12.7. The van der Waals surface area contributed by atoms with Crippen LogP contribution in [-0.4, -0.2) is 18.2 Å². The Hall–Kier alpha value is -1.94. The van der Waals surface area contributed by atoms with Crippen molar-refractivity contribution < 1.29 is 14.6 Å². The smallest absolute Gasteiger partial charge is 0.337 e. The van der Waals surface area contributed by atoms with Gasteiger partial charge in [-0.05, 0) is 54.4 Å². The monoisotopic (exact) mass is 288 g/mol. The highest BCUT2D eigenvalue weighted by Crippen LogP contribution is 2.32. The van der Waals surface area contributed by atoms with Crippen LogP contribution in [0.5, 0.6) is 5.75 Å². The first-order valence-corrected chi connectivity index (χ1v) is 7.13. The number of aryl methyl sites for hydroxylation is 1. The lowest BCUT2D eigenvalue weighted by Crippen LogP contribution is -2.00. The van der Waals surface area contributed by atoms with E-state index in [0.29, 0.717) is 5.56 Å². The number of esters is 1. The van der Waals surface area contributed by atoms with Gasteiger partial charge in [-0.2, -0.15) is 0 Å². The second-order valence-electron chi connectivity index (χ2n) is 4.26. The van der Waals surface area contributed by atoms with Crippen LogP contribution in [0.25, 0.3) is 0 Å². The Bertz CT molecular complexity index is 606. The fourth-order valence-corrected chi connectivity index (χ4v) is 2.84. The molecule has 0 aliphatic carbocycles. The maximum Gasteiger partial charge on any atom is 0.337 e. The van der Waals surface area contributed by atoms with Gasteiger partial charge in [0.25, 0.3) is 0 Å². The molecule has 0 fully saturated rings. The van der Waals surface area contributed by atoms with Gasteiger partial charge in [-0.1, -0.05) is 18.7 Å². The third-order valence-electron chi connectivity index (χ3n) is 2.93. The van der Waals surface area contributed by atoms with Crippen LogP contribution in [0.2, 0.25) is 0 Å². The Kier molecular flexibility index (Phi) is 4.69. The zero-order chi connectivity index (χ0) is 14.5. The van der Waals surface area contributed by atoms with E-state index in [1.165, 1.54) is 7.11 Å². The summed E-state index contributed by atoms with van der Waals surface area (Å²) in [6.45, 7) is 2.05. The number of carbonyl (C=O) groups is 1. The molecule has 104 valence electrons. The highest BCUT2D eigenvalue weighted by Gasteiger charge is 2.07. The van der Waals surface area contributed by atoms with Crippen LogP contribution in [0.1, 0.15) is 22.8 Å². The van der Waals surface area contributed by atoms with E-state index in [4.69, 9.17) is 0 Å². The fourth-order valence-electron chi connectivity index (χ4n) is 1.85. The van der Waals surface area contributed by atoms with Crippen molar-refractivity contribution in [1.29, 1.82) is 0 Å². The molecule has 4 heteroatoms. The van der Waals surface area contributed by atoms with Gasteiger partial charge in [-0.15, -0.1) is 0 Å². The normalized spacial score (nSPS) is 10.3. The van der Waals surface area contributed by atoms with Crippen LogP contribution in [0.15, 0.2) is 52.3 Å². The Morgan fingerprint density at radius 1 is 1.20 bits per heavy atom. The molecule has 0 amide bonds. The van der Waals surface area contributed by atoms with Crippen molar-refractivity contribution in [2.45, 2.75) is 23.1 Å². The van der Waals surface area contributed by atoms with Gasteiger partial charge in [-0.3, -0.25) is 0 Å². The molecule has 0 heterocycles. The van der Waals surface area contributed by atoms with E-state index in [9.17, 15) is 9.90 Å². The summed E-state index contributed by atoms with van der Waals surface area (Å²) in [5.74, 6) is -0.0485. The van der Waals surface area contributed by atoms with Crippen LogP contribution in [-0.2, 0) is 11.2 Å². The number of ether oxygens (including phenoxy) is 1. The SMILES string of the molecule is CCc1cc(O)ccc1Sc1ccc(C(=O)OC)cc1. The number of rotatable bonds is 4. The molecule has 2 aromatic rings. The van der Waals surface area contributed by atoms with Crippen LogP contribution >= 0.6 is 11.8 Å². The van der Waals surface area contributed by atoms with E-state index >= 15 is 0 Å². The van der Waals surface area contributed by atoms with Crippen molar-refractivity contribution in [3.05, 3.63) is 53.6 Å². The number of carbonyl (C=O) groups excluding carboxylic acids is 1. The number of benzene rings is 2. The average molecular weight is 288 g/mol. The predicted octanol–water partition coefficient (Wildman–Crippen LogP) is 3.89. The summed E-state index contributed by atoms with van der Waals surface area (Å²) in [6.07, 6.45) is 0.858. The van der Waals surface area contributed by atoms with Gasteiger partial charge >= 0.3 is 5.97 Å². The summed E-state index contributed by atoms with van der Waals surface area (Å²) in [5, 5.41) is 9.50. The first-order chi connectivity index (χ1) is 9.63. The zero-order valence-corrected chi connectivity index (χ0v) is 12.2. The Balaban J connectivity index is 2.20. The quantitative estimate of drug-likeness (QED) is 0.867. The average Bonchev–Trinajstić information content (AvgIpc) is 2.49. The van der Waals surface area contributed by atoms with Crippen molar-refractivity contribution in [2.24, 2.45) is 0 Å². The van der Waals surface area contributed by atoms with Crippen LogP contribution < -0.4 is 0 Å². The van der Waals surface area contributed by atoms with Gasteiger partial charge in [-0.25, -0.2) is 4.79 Å². The second-order valence-corrected chi connectivity index (χ2v) is 5.38. The number of hydrogen-bond donors (Lipinski definition) is 1. The minimum atomic E-state index is -0.333. The molecule has 0 aromatic heterocycles. The zero-order valence-electron chi connectivity index (χ0n) is 11.4. The number of phenolic OH excluding ortho intramolecular Hbond substituents is 1. The summed E-state index contributed by atoms with van der Waals surface area (Å²) in [4.78, 5) is 13.5. The van der Waals surface area contributed by atoms with Gasteiger partial charge in [0.2, 0.25) is 0 Å². The molecular weight excluding hydrogens is 272 g/mol. The topological polar surface area (TPSA) is 46.5 Å². The van der Waals surface area contributed by atoms with Crippen molar-refractivity contribution in [2.75, 3.05) is 7.11 Å². The highest BCUT2D eigenvalue weighted by atomic mass is 32.2. The first kappa shape index (κ1) is 14.5. The lowest BCUT2D eigenvalue weighted by Gasteiger charge is -2.08. The molecular formula is C16H16O3S. The van der Waals surface area contributed by atoms with Gasteiger partial charge in [0.1, 0.15) is 5.75 Å². The van der Waals surface area contributed by atoms with Gasteiger partial charge in [0, 0.05) is 9.79 Å². The van der Waals surface area contributed by atoms with E-state index in [1.807, 2.05) is 18.2 Å². The minimum absolute atomic E-state index is 0.284. The van der Waals surface area contributed by atoms with Crippen LogP contribution in [0.3, 0.4) is 0 Å². The molecule has 3 nitrogen and oxygen atoms in total. The van der Waals surface area contributed by atoms with E-state index in [2.05, 4.69) is 11.7 Å².